The summed E-state index contributed by atoms with van der Waals surface area (Å²) in [6, 6.07) is 12.6. The average molecular weight is 342 g/mol. The number of hydrogen-bond donors (Lipinski definition) is 1. The van der Waals surface area contributed by atoms with Gasteiger partial charge in [-0.15, -0.1) is 0 Å². The minimum absolute atomic E-state index is 0.0174. The maximum absolute atomic E-state index is 13.8. The van der Waals surface area contributed by atoms with Crippen LogP contribution in [0.15, 0.2) is 48.5 Å². The second kappa shape index (κ2) is 7.44. The van der Waals surface area contributed by atoms with Gasteiger partial charge >= 0.3 is 0 Å². The molecule has 1 aliphatic rings. The topological polar surface area (TPSA) is 60.9 Å². The van der Waals surface area contributed by atoms with E-state index in [0.717, 1.165) is 6.07 Å². The van der Waals surface area contributed by atoms with Crippen LogP contribution in [0.4, 0.5) is 4.39 Å². The smallest absolute Gasteiger partial charge is 0.253 e. The highest BCUT2D eigenvalue weighted by Gasteiger charge is 2.24. The molecule has 1 amide bonds. The molecule has 1 fully saturated rings. The van der Waals surface area contributed by atoms with Gasteiger partial charge in [-0.25, -0.2) is 4.39 Å². The van der Waals surface area contributed by atoms with E-state index >= 15 is 0 Å². The highest BCUT2D eigenvalue weighted by molar-refractivity contribution is 5.98. The summed E-state index contributed by atoms with van der Waals surface area (Å²) in [5.74, 6) is -1.28. The Kier molecular flexibility index (Phi) is 5.09. The van der Waals surface area contributed by atoms with Crippen molar-refractivity contribution in [3.63, 3.8) is 0 Å². The summed E-state index contributed by atoms with van der Waals surface area (Å²) in [6.07, 6.45) is 0. The molecule has 25 heavy (non-hydrogen) atoms. The predicted molar refractivity (Wildman–Crippen MR) is 91.2 cm³/mol. The molecule has 2 aromatic carbocycles. The maximum Gasteiger partial charge on any atom is 0.253 e. The van der Waals surface area contributed by atoms with Crippen molar-refractivity contribution in [3.05, 3.63) is 65.5 Å². The molecule has 0 aromatic heterocycles. The van der Waals surface area contributed by atoms with Gasteiger partial charge < -0.3 is 10.0 Å². The first-order valence-corrected chi connectivity index (χ1v) is 8.13. The number of phenolic OH excluding ortho intramolecular Hbond substituents is 1. The number of rotatable bonds is 4. The fourth-order valence-corrected chi connectivity index (χ4v) is 2.89. The lowest BCUT2D eigenvalue weighted by Crippen LogP contribution is -2.49. The van der Waals surface area contributed by atoms with Gasteiger partial charge in [0, 0.05) is 37.8 Å². The lowest BCUT2D eigenvalue weighted by Gasteiger charge is -2.34. The van der Waals surface area contributed by atoms with Crippen molar-refractivity contribution in [1.82, 2.24) is 9.80 Å². The Balaban J connectivity index is 1.56. The number of nitrogens with zero attached hydrogens (tertiary/aromatic N) is 2. The van der Waals surface area contributed by atoms with E-state index in [9.17, 15) is 19.1 Å². The van der Waals surface area contributed by atoms with Gasteiger partial charge in [-0.2, -0.15) is 0 Å². The van der Waals surface area contributed by atoms with E-state index in [1.807, 2.05) is 23.1 Å². The molecule has 5 nitrogen and oxygen atoms in total. The van der Waals surface area contributed by atoms with Crippen molar-refractivity contribution in [2.24, 2.45) is 0 Å². The minimum Gasteiger partial charge on any atom is -0.508 e. The quantitative estimate of drug-likeness (QED) is 0.865. The van der Waals surface area contributed by atoms with Crippen LogP contribution in [0.5, 0.6) is 5.75 Å². The molecule has 1 N–H and O–H groups in total. The van der Waals surface area contributed by atoms with Crippen LogP contribution in [0.1, 0.15) is 20.7 Å². The van der Waals surface area contributed by atoms with Crippen molar-refractivity contribution in [3.8, 4) is 5.75 Å². The Morgan fingerprint density at radius 2 is 1.68 bits per heavy atom. The third kappa shape index (κ3) is 4.03. The summed E-state index contributed by atoms with van der Waals surface area (Å²) in [7, 11) is 0. The van der Waals surface area contributed by atoms with Gasteiger partial charge in [0.2, 0.25) is 0 Å². The summed E-state index contributed by atoms with van der Waals surface area (Å²) in [4.78, 5) is 28.3. The number of benzene rings is 2. The number of phenols is 1. The number of aromatic hydroxyl groups is 1. The number of hydrogen-bond acceptors (Lipinski definition) is 4. The van der Waals surface area contributed by atoms with Gasteiger partial charge in [-0.05, 0) is 24.3 Å². The van der Waals surface area contributed by atoms with Gasteiger partial charge in [0.25, 0.3) is 5.91 Å². The fourth-order valence-electron chi connectivity index (χ4n) is 2.89. The van der Waals surface area contributed by atoms with E-state index < -0.39 is 5.82 Å². The maximum atomic E-state index is 13.8. The number of carbonyl (C=O) groups is 2. The van der Waals surface area contributed by atoms with Gasteiger partial charge in [0.05, 0.1) is 12.1 Å². The molecule has 0 spiro atoms. The molecule has 0 atom stereocenters. The molecule has 0 bridgehead atoms. The second-order valence-electron chi connectivity index (χ2n) is 6.02. The first-order valence-electron chi connectivity index (χ1n) is 8.13. The normalized spacial score (nSPS) is 15.2. The number of carbonyl (C=O) groups excluding carboxylic acids is 2. The summed E-state index contributed by atoms with van der Waals surface area (Å²) in [5, 5.41) is 9.22. The highest BCUT2D eigenvalue weighted by Crippen LogP contribution is 2.16. The van der Waals surface area contributed by atoms with E-state index in [0.29, 0.717) is 31.7 Å². The van der Waals surface area contributed by atoms with Gasteiger partial charge in [-0.3, -0.25) is 14.5 Å². The SMILES string of the molecule is O=C(CN1CCN(C(=O)c2ccccc2)CC1)c1ccc(O)cc1F. The standard InChI is InChI=1S/C19H19FN2O3/c20-17-12-15(23)6-7-16(17)18(24)13-21-8-10-22(11-9-21)19(25)14-4-2-1-3-5-14/h1-7,12,23H,8-11,13H2. The number of piperazine rings is 1. The number of ketones is 1. The molecule has 1 saturated heterocycles. The Morgan fingerprint density at radius 3 is 2.32 bits per heavy atom. The lowest BCUT2D eigenvalue weighted by atomic mass is 10.1. The number of amides is 1. The van der Waals surface area contributed by atoms with E-state index in [4.69, 9.17) is 0 Å². The van der Waals surface area contributed by atoms with Crippen molar-refractivity contribution < 1.29 is 19.1 Å². The summed E-state index contributed by atoms with van der Waals surface area (Å²) in [5.41, 5.74) is 0.624. The first-order chi connectivity index (χ1) is 12.0. The van der Waals surface area contributed by atoms with Gasteiger partial charge in [-0.1, -0.05) is 18.2 Å². The molecule has 1 aliphatic heterocycles. The lowest BCUT2D eigenvalue weighted by molar-refractivity contribution is 0.0624. The zero-order chi connectivity index (χ0) is 17.8. The first kappa shape index (κ1) is 17.1. The van der Waals surface area contributed by atoms with Crippen molar-refractivity contribution in [1.29, 1.82) is 0 Å². The van der Waals surface area contributed by atoms with E-state index in [1.165, 1.54) is 12.1 Å². The molecular formula is C19H19FN2O3. The molecule has 0 saturated carbocycles. The van der Waals surface area contributed by atoms with Crippen LogP contribution in [0, 0.1) is 5.82 Å². The molecule has 0 unspecified atom stereocenters. The highest BCUT2D eigenvalue weighted by atomic mass is 19.1. The van der Waals surface area contributed by atoms with E-state index in [2.05, 4.69) is 0 Å². The van der Waals surface area contributed by atoms with E-state index in [1.54, 1.807) is 17.0 Å². The molecule has 6 heteroatoms. The van der Waals surface area contributed by atoms with Crippen LogP contribution in [-0.4, -0.2) is 59.3 Å². The fraction of sp³-hybridized carbons (Fsp3) is 0.263. The third-order valence-corrected chi connectivity index (χ3v) is 4.30. The zero-order valence-corrected chi connectivity index (χ0v) is 13.7. The summed E-state index contributed by atoms with van der Waals surface area (Å²) < 4.78 is 13.8. The monoisotopic (exact) mass is 342 g/mol. The molecule has 0 aliphatic carbocycles. The van der Waals surface area contributed by atoms with Crippen molar-refractivity contribution in [2.45, 2.75) is 0 Å². The number of halogens is 1. The molecule has 3 rings (SSSR count). The zero-order valence-electron chi connectivity index (χ0n) is 13.7. The van der Waals surface area contributed by atoms with Crippen LogP contribution < -0.4 is 0 Å². The largest absolute Gasteiger partial charge is 0.508 e. The Labute approximate surface area is 145 Å². The van der Waals surface area contributed by atoms with E-state index in [-0.39, 0.29) is 29.5 Å². The average Bonchev–Trinajstić information content (AvgIpc) is 2.62. The summed E-state index contributed by atoms with van der Waals surface area (Å²) in [6.45, 7) is 2.27. The minimum atomic E-state index is -0.720. The van der Waals surface area contributed by atoms with Gasteiger partial charge in [0.15, 0.2) is 5.78 Å². The second-order valence-corrected chi connectivity index (χ2v) is 6.02. The van der Waals surface area contributed by atoms with Gasteiger partial charge in [0.1, 0.15) is 11.6 Å². The molecule has 1 heterocycles. The number of Topliss-reactive ketones (excluding diaryl/α,β-unsaturated/α-hetero) is 1. The molecular weight excluding hydrogens is 323 g/mol. The van der Waals surface area contributed by atoms with Crippen LogP contribution >= 0.6 is 0 Å². The van der Waals surface area contributed by atoms with Crippen LogP contribution in [0.2, 0.25) is 0 Å². The molecule has 2 aromatic rings. The molecule has 0 radical (unpaired) electrons. The van der Waals surface area contributed by atoms with Crippen LogP contribution in [-0.2, 0) is 0 Å². The Hall–Kier alpha value is -2.73. The third-order valence-electron chi connectivity index (χ3n) is 4.30. The Morgan fingerprint density at radius 1 is 1.00 bits per heavy atom. The van der Waals surface area contributed by atoms with Crippen molar-refractivity contribution in [2.75, 3.05) is 32.7 Å². The van der Waals surface area contributed by atoms with Crippen LogP contribution in [0.25, 0.3) is 0 Å². The Bertz CT molecular complexity index is 771. The molecule has 130 valence electrons. The van der Waals surface area contributed by atoms with Crippen molar-refractivity contribution >= 4 is 11.7 Å². The van der Waals surface area contributed by atoms with Crippen LogP contribution in [0.3, 0.4) is 0 Å². The summed E-state index contributed by atoms with van der Waals surface area (Å²) >= 11 is 0. The predicted octanol–water partition coefficient (Wildman–Crippen LogP) is 2.17.